The Bertz CT molecular complexity index is 478. The van der Waals surface area contributed by atoms with Crippen LogP contribution in [-0.2, 0) is 26.5 Å². The third kappa shape index (κ3) is 7.10. The number of esters is 1. The minimum Gasteiger partial charge on any atom is -0.616 e. The van der Waals surface area contributed by atoms with Crippen molar-refractivity contribution in [3.8, 4) is 5.75 Å². The maximum atomic E-state index is 11.2. The van der Waals surface area contributed by atoms with Crippen molar-refractivity contribution < 1.29 is 18.8 Å². The summed E-state index contributed by atoms with van der Waals surface area (Å²) in [4.78, 5) is 21.8. The van der Waals surface area contributed by atoms with Gasteiger partial charge in [0.05, 0.1) is 19.5 Å². The van der Waals surface area contributed by atoms with Gasteiger partial charge in [-0.1, -0.05) is 11.2 Å². The molecule has 1 rings (SSSR count). The molecule has 1 unspecified atom stereocenters. The lowest BCUT2D eigenvalue weighted by Crippen LogP contribution is -2.07. The molecule has 1 atom stereocenters. The molecule has 1 aromatic rings. The highest BCUT2D eigenvalue weighted by Crippen LogP contribution is 2.24. The largest absolute Gasteiger partial charge is 0.616 e. The van der Waals surface area contributed by atoms with E-state index in [9.17, 15) is 14.3 Å². The van der Waals surface area contributed by atoms with Gasteiger partial charge in [0, 0.05) is 18.1 Å². The molecule has 116 valence electrons. The number of benzene rings is 1. The van der Waals surface area contributed by atoms with Gasteiger partial charge in [-0.2, -0.15) is 0 Å². The Morgan fingerprint density at radius 2 is 2.14 bits per heavy atom. The van der Waals surface area contributed by atoms with Gasteiger partial charge < -0.3 is 14.0 Å². The molecule has 0 aliphatic rings. The summed E-state index contributed by atoms with van der Waals surface area (Å²) in [5.74, 6) is 0.561. The van der Waals surface area contributed by atoms with Crippen molar-refractivity contribution in [1.82, 2.24) is 0 Å². The van der Waals surface area contributed by atoms with Crippen LogP contribution < -0.4 is 4.74 Å². The predicted molar refractivity (Wildman–Crippen MR) is 81.0 cm³/mol. The SMILES string of the molecule is CCOC(=O)CCCOc1cc(C[S+](C)[O-])cc(N=O)c1. The zero-order valence-corrected chi connectivity index (χ0v) is 13.0. The monoisotopic (exact) mass is 313 g/mol. The van der Waals surface area contributed by atoms with Crippen molar-refractivity contribution in [3.63, 3.8) is 0 Å². The Labute approximate surface area is 127 Å². The molecular formula is C14H19NO5S. The van der Waals surface area contributed by atoms with Gasteiger partial charge in [0.2, 0.25) is 0 Å². The van der Waals surface area contributed by atoms with E-state index in [1.54, 1.807) is 25.3 Å². The average molecular weight is 313 g/mol. The molecule has 0 aliphatic carbocycles. The molecule has 0 amide bonds. The second kappa shape index (κ2) is 9.36. The normalized spacial score (nSPS) is 11.8. The zero-order chi connectivity index (χ0) is 15.7. The van der Waals surface area contributed by atoms with Crippen LogP contribution in [0.5, 0.6) is 5.75 Å². The van der Waals surface area contributed by atoms with Crippen LogP contribution in [0, 0.1) is 4.91 Å². The highest BCUT2D eigenvalue weighted by atomic mass is 32.2. The van der Waals surface area contributed by atoms with E-state index in [-0.39, 0.29) is 18.1 Å². The first-order chi connectivity index (χ1) is 10.0. The van der Waals surface area contributed by atoms with Crippen molar-refractivity contribution in [2.75, 3.05) is 19.5 Å². The first kappa shape index (κ1) is 17.5. The summed E-state index contributed by atoms with van der Waals surface area (Å²) >= 11 is -1.01. The summed E-state index contributed by atoms with van der Waals surface area (Å²) in [5, 5.41) is 2.88. The van der Waals surface area contributed by atoms with Gasteiger partial charge in [-0.05, 0) is 30.7 Å². The van der Waals surface area contributed by atoms with Crippen LogP contribution in [-0.4, -0.2) is 30.0 Å². The van der Waals surface area contributed by atoms with E-state index in [1.165, 1.54) is 6.07 Å². The number of carbonyl (C=O) groups excluding carboxylic acids is 1. The number of hydrogen-bond donors (Lipinski definition) is 0. The zero-order valence-electron chi connectivity index (χ0n) is 12.2. The second-order valence-electron chi connectivity index (χ2n) is 4.40. The van der Waals surface area contributed by atoms with Gasteiger partial charge in [-0.3, -0.25) is 4.79 Å². The van der Waals surface area contributed by atoms with Crippen molar-refractivity contribution >= 4 is 22.8 Å². The fourth-order valence-corrected chi connectivity index (χ4v) is 2.37. The Morgan fingerprint density at radius 1 is 1.38 bits per heavy atom. The number of carbonyl (C=O) groups is 1. The van der Waals surface area contributed by atoms with Gasteiger partial charge in [0.25, 0.3) is 0 Å². The lowest BCUT2D eigenvalue weighted by Gasteiger charge is -2.09. The van der Waals surface area contributed by atoms with E-state index in [4.69, 9.17) is 9.47 Å². The van der Waals surface area contributed by atoms with Crippen LogP contribution in [0.15, 0.2) is 23.4 Å². The minimum atomic E-state index is -1.01. The van der Waals surface area contributed by atoms with Gasteiger partial charge in [-0.25, -0.2) is 0 Å². The highest BCUT2D eigenvalue weighted by molar-refractivity contribution is 7.89. The van der Waals surface area contributed by atoms with Crippen LogP contribution in [0.2, 0.25) is 0 Å². The Kier molecular flexibility index (Phi) is 7.78. The highest BCUT2D eigenvalue weighted by Gasteiger charge is 2.08. The quantitative estimate of drug-likeness (QED) is 0.303. The van der Waals surface area contributed by atoms with E-state index in [1.807, 2.05) is 0 Å². The summed E-state index contributed by atoms with van der Waals surface area (Å²) in [6.45, 7) is 2.45. The van der Waals surface area contributed by atoms with E-state index in [0.717, 1.165) is 5.56 Å². The van der Waals surface area contributed by atoms with Crippen molar-refractivity contribution in [2.24, 2.45) is 5.18 Å². The third-order valence-corrected chi connectivity index (χ3v) is 3.27. The predicted octanol–water partition coefficient (Wildman–Crippen LogP) is 2.69. The summed E-state index contributed by atoms with van der Waals surface area (Å²) in [7, 11) is 0. The molecule has 6 nitrogen and oxygen atoms in total. The minimum absolute atomic E-state index is 0.235. The van der Waals surface area contributed by atoms with Gasteiger partial charge in [0.1, 0.15) is 17.2 Å². The maximum absolute atomic E-state index is 11.2. The lowest BCUT2D eigenvalue weighted by molar-refractivity contribution is -0.143. The molecule has 0 saturated heterocycles. The van der Waals surface area contributed by atoms with Gasteiger partial charge in [-0.15, -0.1) is 4.91 Å². The third-order valence-electron chi connectivity index (χ3n) is 2.53. The van der Waals surface area contributed by atoms with Crippen LogP contribution in [0.25, 0.3) is 0 Å². The smallest absolute Gasteiger partial charge is 0.305 e. The molecule has 0 spiro atoms. The summed E-state index contributed by atoms with van der Waals surface area (Å²) in [5.41, 5.74) is 0.965. The number of rotatable bonds is 9. The standard InChI is InChI=1S/C14H19NO5S/c1-3-19-14(16)5-4-6-20-13-8-11(10-21(2)18)7-12(9-13)15-17/h7-9H,3-6,10H2,1-2H3. The van der Waals surface area contributed by atoms with Crippen LogP contribution in [0.1, 0.15) is 25.3 Å². The van der Waals surface area contributed by atoms with Gasteiger partial charge in [0.15, 0.2) is 0 Å². The molecule has 0 aromatic heterocycles. The van der Waals surface area contributed by atoms with E-state index < -0.39 is 11.2 Å². The summed E-state index contributed by atoms with van der Waals surface area (Å²) in [6, 6.07) is 4.82. The second-order valence-corrected chi connectivity index (χ2v) is 5.84. The van der Waals surface area contributed by atoms with Crippen LogP contribution >= 0.6 is 0 Å². The fourth-order valence-electron chi connectivity index (χ4n) is 1.74. The number of nitrogens with zero attached hydrogens (tertiary/aromatic N) is 1. The summed E-state index contributed by atoms with van der Waals surface area (Å²) < 4.78 is 21.5. The molecule has 0 bridgehead atoms. The molecular weight excluding hydrogens is 294 g/mol. The Morgan fingerprint density at radius 3 is 2.76 bits per heavy atom. The van der Waals surface area contributed by atoms with Gasteiger partial charge >= 0.3 is 5.97 Å². The van der Waals surface area contributed by atoms with Crippen molar-refractivity contribution in [1.29, 1.82) is 0 Å². The number of nitroso groups, excluding NO2 is 1. The molecule has 0 aliphatic heterocycles. The van der Waals surface area contributed by atoms with Crippen molar-refractivity contribution in [2.45, 2.75) is 25.5 Å². The average Bonchev–Trinajstić information content (AvgIpc) is 2.43. The molecule has 1 aromatic carbocycles. The molecule has 0 saturated carbocycles. The van der Waals surface area contributed by atoms with Crippen LogP contribution in [0.4, 0.5) is 5.69 Å². The lowest BCUT2D eigenvalue weighted by atomic mass is 10.2. The molecule has 0 N–H and O–H groups in total. The van der Waals surface area contributed by atoms with Crippen LogP contribution in [0.3, 0.4) is 0 Å². The van der Waals surface area contributed by atoms with E-state index in [0.29, 0.717) is 31.1 Å². The maximum Gasteiger partial charge on any atom is 0.305 e. The number of hydrogen-bond acceptors (Lipinski definition) is 6. The van der Waals surface area contributed by atoms with E-state index >= 15 is 0 Å². The fraction of sp³-hybridized carbons (Fsp3) is 0.500. The summed E-state index contributed by atoms with van der Waals surface area (Å²) in [6.07, 6.45) is 2.39. The molecule has 7 heteroatoms. The first-order valence-electron chi connectivity index (χ1n) is 6.61. The van der Waals surface area contributed by atoms with E-state index in [2.05, 4.69) is 5.18 Å². The number of ether oxygens (including phenoxy) is 2. The molecule has 0 heterocycles. The first-order valence-corrected chi connectivity index (χ1v) is 8.33. The Hall–Kier alpha value is -1.60. The topological polar surface area (TPSA) is 88.0 Å². The van der Waals surface area contributed by atoms with Crippen molar-refractivity contribution in [3.05, 3.63) is 28.7 Å². The molecule has 21 heavy (non-hydrogen) atoms. The molecule has 0 radical (unpaired) electrons. The molecule has 0 fully saturated rings. The Balaban J connectivity index is 2.53.